The summed E-state index contributed by atoms with van der Waals surface area (Å²) >= 11 is 3.35. The van der Waals surface area contributed by atoms with Crippen molar-refractivity contribution in [2.24, 2.45) is 0 Å². The largest absolute Gasteiger partial charge is 0.457 e. The van der Waals surface area contributed by atoms with E-state index in [9.17, 15) is 13.2 Å². The van der Waals surface area contributed by atoms with E-state index in [4.69, 9.17) is 9.15 Å². The molecule has 2 aromatic carbocycles. The minimum atomic E-state index is -3.53. The molecule has 0 spiro atoms. The molecule has 0 atom stereocenters. The molecule has 0 unspecified atom stereocenters. The van der Waals surface area contributed by atoms with Crippen LogP contribution < -0.4 is 0 Å². The Labute approximate surface area is 189 Å². The molecule has 4 rings (SSSR count). The fourth-order valence-electron chi connectivity index (χ4n) is 3.19. The van der Waals surface area contributed by atoms with Crippen molar-refractivity contribution in [1.82, 2.24) is 4.31 Å². The van der Waals surface area contributed by atoms with Crippen molar-refractivity contribution >= 4 is 37.8 Å². The number of hydrogen-bond acceptors (Lipinski definition) is 5. The highest BCUT2D eigenvalue weighted by molar-refractivity contribution is 9.10. The van der Waals surface area contributed by atoms with Crippen LogP contribution in [0.4, 0.5) is 0 Å². The minimum Gasteiger partial charge on any atom is -0.457 e. The highest BCUT2D eigenvalue weighted by atomic mass is 79.9. The van der Waals surface area contributed by atoms with E-state index in [1.807, 2.05) is 12.1 Å². The molecule has 0 N–H and O–H groups in total. The smallest absolute Gasteiger partial charge is 0.243 e. The van der Waals surface area contributed by atoms with Crippen LogP contribution in [0.15, 0.2) is 80.5 Å². The lowest BCUT2D eigenvalue weighted by atomic mass is 10.1. The molecule has 160 valence electrons. The molecule has 0 amide bonds. The van der Waals surface area contributed by atoms with Crippen molar-refractivity contribution in [3.05, 3.63) is 82.5 Å². The lowest BCUT2D eigenvalue weighted by molar-refractivity contribution is 0.0730. The number of carbonyl (C=O) groups excluding carboxylic acids is 1. The second-order valence-corrected chi connectivity index (χ2v) is 9.80. The number of hydrogen-bond donors (Lipinski definition) is 0. The van der Waals surface area contributed by atoms with Gasteiger partial charge in [0, 0.05) is 28.7 Å². The second-order valence-electron chi connectivity index (χ2n) is 6.95. The average Bonchev–Trinajstić information content (AvgIpc) is 3.28. The van der Waals surface area contributed by atoms with Gasteiger partial charge in [-0.1, -0.05) is 15.9 Å². The number of halogens is 1. The summed E-state index contributed by atoms with van der Waals surface area (Å²) in [4.78, 5) is 12.5. The number of sulfonamides is 1. The number of rotatable bonds is 6. The van der Waals surface area contributed by atoms with Crippen LogP contribution in [0, 0.1) is 0 Å². The molecule has 1 aliphatic rings. The fraction of sp³-hybridized carbons (Fsp3) is 0.174. The summed E-state index contributed by atoms with van der Waals surface area (Å²) in [5.74, 6) is 1.000. The molecular formula is C23H20BrNO5S. The molecule has 2 heterocycles. The van der Waals surface area contributed by atoms with Gasteiger partial charge >= 0.3 is 0 Å². The molecule has 3 aromatic rings. The van der Waals surface area contributed by atoms with Gasteiger partial charge in [-0.25, -0.2) is 8.42 Å². The van der Waals surface area contributed by atoms with Crippen LogP contribution in [-0.2, 0) is 14.8 Å². The summed E-state index contributed by atoms with van der Waals surface area (Å²) in [6.45, 7) is 1.53. The van der Waals surface area contributed by atoms with Gasteiger partial charge in [0.1, 0.15) is 11.5 Å². The van der Waals surface area contributed by atoms with Crippen molar-refractivity contribution in [3.8, 4) is 11.3 Å². The Morgan fingerprint density at radius 1 is 0.935 bits per heavy atom. The highest BCUT2D eigenvalue weighted by Gasteiger charge is 2.26. The molecule has 0 bridgehead atoms. The zero-order chi connectivity index (χ0) is 21.8. The SMILES string of the molecule is O=C(C=Cc1ccc(-c2ccc(S(=O)(=O)N3CCOCC3)cc2)o1)c1ccc(Br)cc1. The third kappa shape index (κ3) is 5.04. The summed E-state index contributed by atoms with van der Waals surface area (Å²) in [5, 5.41) is 0. The lowest BCUT2D eigenvalue weighted by Crippen LogP contribution is -2.40. The Bertz CT molecular complexity index is 1190. The number of ketones is 1. The predicted molar refractivity (Wildman–Crippen MR) is 121 cm³/mol. The van der Waals surface area contributed by atoms with E-state index in [1.165, 1.54) is 10.4 Å². The van der Waals surface area contributed by atoms with Crippen LogP contribution in [0.5, 0.6) is 0 Å². The third-order valence-corrected chi connectivity index (χ3v) is 7.34. The molecule has 1 aromatic heterocycles. The van der Waals surface area contributed by atoms with Crippen LogP contribution in [0.1, 0.15) is 16.1 Å². The molecule has 0 saturated carbocycles. The van der Waals surface area contributed by atoms with E-state index in [0.29, 0.717) is 43.4 Å². The predicted octanol–water partition coefficient (Wildman–Crippen LogP) is 4.63. The maximum atomic E-state index is 12.7. The quantitative estimate of drug-likeness (QED) is 0.363. The molecule has 0 radical (unpaired) electrons. The number of allylic oxidation sites excluding steroid dienone is 1. The third-order valence-electron chi connectivity index (χ3n) is 4.90. The second kappa shape index (κ2) is 9.32. The summed E-state index contributed by atoms with van der Waals surface area (Å²) in [5.41, 5.74) is 1.34. The number of carbonyl (C=O) groups is 1. The van der Waals surface area contributed by atoms with Crippen LogP contribution >= 0.6 is 15.9 Å². The van der Waals surface area contributed by atoms with Crippen molar-refractivity contribution in [3.63, 3.8) is 0 Å². The van der Waals surface area contributed by atoms with E-state index in [-0.39, 0.29) is 10.7 Å². The van der Waals surface area contributed by atoms with Crippen LogP contribution in [0.3, 0.4) is 0 Å². The van der Waals surface area contributed by atoms with Gasteiger partial charge in [0.05, 0.1) is 18.1 Å². The molecule has 1 fully saturated rings. The molecule has 31 heavy (non-hydrogen) atoms. The number of ether oxygens (including phenoxy) is 1. The van der Waals surface area contributed by atoms with Gasteiger partial charge in [-0.3, -0.25) is 4.79 Å². The Balaban J connectivity index is 1.46. The van der Waals surface area contributed by atoms with Crippen LogP contribution in [0.25, 0.3) is 17.4 Å². The number of furan rings is 1. The van der Waals surface area contributed by atoms with Gasteiger partial charge in [-0.2, -0.15) is 4.31 Å². The van der Waals surface area contributed by atoms with Crippen molar-refractivity contribution in [2.75, 3.05) is 26.3 Å². The normalized spacial score (nSPS) is 15.4. The zero-order valence-electron chi connectivity index (χ0n) is 16.5. The Morgan fingerprint density at radius 2 is 1.61 bits per heavy atom. The van der Waals surface area contributed by atoms with Crippen LogP contribution in [-0.4, -0.2) is 44.8 Å². The van der Waals surface area contributed by atoms with E-state index in [0.717, 1.165) is 10.0 Å². The maximum Gasteiger partial charge on any atom is 0.243 e. The van der Waals surface area contributed by atoms with E-state index >= 15 is 0 Å². The number of benzene rings is 2. The first kappa shape index (κ1) is 21.7. The first-order valence-electron chi connectivity index (χ1n) is 9.70. The van der Waals surface area contributed by atoms with Crippen molar-refractivity contribution in [2.45, 2.75) is 4.90 Å². The average molecular weight is 502 g/mol. The van der Waals surface area contributed by atoms with Gasteiger partial charge in [0.2, 0.25) is 10.0 Å². The Hall–Kier alpha value is -2.52. The van der Waals surface area contributed by atoms with Gasteiger partial charge in [-0.05, 0) is 72.8 Å². The standard InChI is InChI=1S/C23H20BrNO5S/c24-19-5-1-17(2-6-19)22(26)11-7-20-8-12-23(30-20)18-3-9-21(10-4-18)31(27,28)25-13-15-29-16-14-25/h1-12H,13-16H2. The summed E-state index contributed by atoms with van der Waals surface area (Å²) in [6, 6.07) is 17.3. The molecule has 1 aliphatic heterocycles. The highest BCUT2D eigenvalue weighted by Crippen LogP contribution is 2.26. The number of nitrogens with zero attached hydrogens (tertiary/aromatic N) is 1. The zero-order valence-corrected chi connectivity index (χ0v) is 18.9. The monoisotopic (exact) mass is 501 g/mol. The topological polar surface area (TPSA) is 76.8 Å². The van der Waals surface area contributed by atoms with E-state index in [1.54, 1.807) is 54.6 Å². The molecule has 6 nitrogen and oxygen atoms in total. The Kier molecular flexibility index (Phi) is 6.52. The first-order valence-corrected chi connectivity index (χ1v) is 11.9. The lowest BCUT2D eigenvalue weighted by Gasteiger charge is -2.26. The molecule has 1 saturated heterocycles. The molecule has 8 heteroatoms. The maximum absolute atomic E-state index is 12.7. The summed E-state index contributed by atoms with van der Waals surface area (Å²) < 4.78 is 38.8. The molecule has 0 aliphatic carbocycles. The van der Waals surface area contributed by atoms with Crippen molar-refractivity contribution in [1.29, 1.82) is 0 Å². The van der Waals surface area contributed by atoms with Gasteiger partial charge in [-0.15, -0.1) is 0 Å². The van der Waals surface area contributed by atoms with Gasteiger partial charge in [0.15, 0.2) is 5.78 Å². The van der Waals surface area contributed by atoms with Crippen LogP contribution in [0.2, 0.25) is 0 Å². The number of morpholine rings is 1. The van der Waals surface area contributed by atoms with E-state index in [2.05, 4.69) is 15.9 Å². The Morgan fingerprint density at radius 3 is 2.29 bits per heavy atom. The fourth-order valence-corrected chi connectivity index (χ4v) is 4.87. The van der Waals surface area contributed by atoms with Crippen molar-refractivity contribution < 1.29 is 22.4 Å². The summed E-state index contributed by atoms with van der Waals surface area (Å²) in [7, 11) is -3.53. The van der Waals surface area contributed by atoms with Gasteiger partial charge in [0.25, 0.3) is 0 Å². The summed E-state index contributed by atoms with van der Waals surface area (Å²) in [6.07, 6.45) is 3.08. The van der Waals surface area contributed by atoms with Gasteiger partial charge < -0.3 is 9.15 Å². The molecular weight excluding hydrogens is 482 g/mol. The first-order chi connectivity index (χ1) is 14.9. The van der Waals surface area contributed by atoms with E-state index < -0.39 is 10.0 Å². The minimum absolute atomic E-state index is 0.122.